The van der Waals surface area contributed by atoms with Gasteiger partial charge in [0.05, 0.1) is 50.3 Å². The van der Waals surface area contributed by atoms with Gasteiger partial charge >= 0.3 is 0 Å². The number of aliphatic hydroxyl groups excluding tert-OH is 1. The quantitative estimate of drug-likeness (QED) is 0.135. The predicted octanol–water partition coefficient (Wildman–Crippen LogP) is 8.86. The Morgan fingerprint density at radius 2 is 1.42 bits per heavy atom. The Bertz CT molecular complexity index is 1020. The summed E-state index contributed by atoms with van der Waals surface area (Å²) in [6.07, 6.45) is 4.14. The Morgan fingerprint density at radius 3 is 1.95 bits per heavy atom. The first-order valence-corrected chi connectivity index (χ1v) is 18.6. The molecule has 1 saturated heterocycles. The van der Waals surface area contributed by atoms with E-state index < -0.39 is 14.4 Å². The van der Waals surface area contributed by atoms with Crippen LogP contribution in [0, 0.1) is 5.92 Å². The number of ether oxygens (including phenoxy) is 3. The van der Waals surface area contributed by atoms with Crippen molar-refractivity contribution in [3.8, 4) is 0 Å². The molecule has 2 aromatic rings. The highest BCUT2D eigenvalue weighted by Crippen LogP contribution is 2.44. The zero-order valence-electron chi connectivity index (χ0n) is 27.8. The molecule has 0 bridgehead atoms. The van der Waals surface area contributed by atoms with Gasteiger partial charge in [0.25, 0.3) is 0 Å². The van der Waals surface area contributed by atoms with Crippen LogP contribution in [0.3, 0.4) is 0 Å². The Kier molecular flexibility index (Phi) is 14.6. The first kappa shape index (κ1) is 35.7. The van der Waals surface area contributed by atoms with E-state index in [0.29, 0.717) is 42.9 Å². The van der Waals surface area contributed by atoms with Crippen molar-refractivity contribution in [2.24, 2.45) is 5.92 Å². The van der Waals surface area contributed by atoms with Crippen LogP contribution in [-0.2, 0) is 31.9 Å². The second-order valence-corrected chi connectivity index (χ2v) is 18.9. The highest BCUT2D eigenvalue weighted by Gasteiger charge is 2.47. The third kappa shape index (κ3) is 10.7. The van der Waals surface area contributed by atoms with Gasteiger partial charge in [0.15, 0.2) is 0 Å². The number of aliphatic hydroxyl groups is 1. The summed E-state index contributed by atoms with van der Waals surface area (Å²) in [6.45, 7) is 21.7. The summed E-state index contributed by atoms with van der Waals surface area (Å²) in [4.78, 5) is 0. The Morgan fingerprint density at radius 1 is 0.860 bits per heavy atom. The van der Waals surface area contributed by atoms with Crippen molar-refractivity contribution in [2.75, 3.05) is 6.61 Å². The molecule has 5 nitrogen and oxygen atoms in total. The molecular formula is C37H58O5Si. The number of hydrogen-bond donors (Lipinski definition) is 1. The largest absolute Gasteiger partial charge is 0.413 e. The number of rotatable bonds is 18. The molecule has 2 aromatic carbocycles. The monoisotopic (exact) mass is 610 g/mol. The van der Waals surface area contributed by atoms with E-state index in [2.05, 4.69) is 79.3 Å². The predicted molar refractivity (Wildman–Crippen MR) is 180 cm³/mol. The van der Waals surface area contributed by atoms with Crippen LogP contribution in [0.15, 0.2) is 73.3 Å². The van der Waals surface area contributed by atoms with Gasteiger partial charge in [0, 0.05) is 18.8 Å². The van der Waals surface area contributed by atoms with E-state index in [1.807, 2.05) is 42.5 Å². The van der Waals surface area contributed by atoms with Gasteiger partial charge in [-0.3, -0.25) is 0 Å². The van der Waals surface area contributed by atoms with Gasteiger partial charge in [-0.05, 0) is 40.6 Å². The van der Waals surface area contributed by atoms with Crippen molar-refractivity contribution < 1.29 is 23.7 Å². The lowest BCUT2D eigenvalue weighted by Gasteiger charge is -2.46. The van der Waals surface area contributed by atoms with Crippen molar-refractivity contribution in [1.29, 1.82) is 0 Å². The molecule has 1 fully saturated rings. The first-order chi connectivity index (χ1) is 20.5. The van der Waals surface area contributed by atoms with Gasteiger partial charge in [-0.15, -0.1) is 6.58 Å². The minimum atomic E-state index is -2.20. The van der Waals surface area contributed by atoms with E-state index in [1.165, 1.54) is 5.56 Å². The molecule has 43 heavy (non-hydrogen) atoms. The van der Waals surface area contributed by atoms with E-state index in [4.69, 9.17) is 18.6 Å². The molecule has 3 rings (SSSR count). The summed E-state index contributed by atoms with van der Waals surface area (Å²) in [7, 11) is -2.20. The fourth-order valence-corrected chi connectivity index (χ4v) is 12.6. The highest BCUT2D eigenvalue weighted by molar-refractivity contribution is 6.77. The Balaban J connectivity index is 1.73. The van der Waals surface area contributed by atoms with E-state index >= 15 is 0 Å². The fourth-order valence-electron chi connectivity index (χ4n) is 6.97. The molecule has 1 aliphatic heterocycles. The summed E-state index contributed by atoms with van der Waals surface area (Å²) < 4.78 is 26.3. The minimum absolute atomic E-state index is 0.0156. The van der Waals surface area contributed by atoms with Crippen molar-refractivity contribution in [2.45, 2.75) is 135 Å². The number of benzene rings is 2. The topological polar surface area (TPSA) is 57.2 Å². The molecule has 1 aliphatic rings. The van der Waals surface area contributed by atoms with Gasteiger partial charge in [-0.25, -0.2) is 0 Å². The highest BCUT2D eigenvalue weighted by atomic mass is 28.4. The summed E-state index contributed by atoms with van der Waals surface area (Å²) in [5.74, 6) is -0.0156. The fraction of sp³-hybridized carbons (Fsp3) is 0.622. The number of hydrogen-bond acceptors (Lipinski definition) is 5. The second-order valence-electron chi connectivity index (χ2n) is 13.5. The van der Waals surface area contributed by atoms with Crippen LogP contribution in [0.4, 0.5) is 0 Å². The zero-order chi connectivity index (χ0) is 31.4. The van der Waals surface area contributed by atoms with Crippen LogP contribution in [-0.4, -0.2) is 50.6 Å². The molecular weight excluding hydrogens is 552 g/mol. The lowest BCUT2D eigenvalue weighted by Crippen LogP contribution is -2.51. The van der Waals surface area contributed by atoms with Gasteiger partial charge in [-0.1, -0.05) is 115 Å². The molecule has 240 valence electrons. The average molecular weight is 611 g/mol. The third-order valence-electron chi connectivity index (χ3n) is 9.24. The van der Waals surface area contributed by atoms with Gasteiger partial charge < -0.3 is 23.7 Å². The minimum Gasteiger partial charge on any atom is -0.413 e. The molecule has 0 radical (unpaired) electrons. The molecule has 0 spiro atoms. The first-order valence-electron chi connectivity index (χ1n) is 16.5. The van der Waals surface area contributed by atoms with Crippen molar-refractivity contribution in [3.05, 3.63) is 84.4 Å². The SMILES string of the molecule is C=C[C@H]1C[C@H](OCc2ccccc2)C[C@@H](C[C@@H](C[C@@H](O)[C@@H](C)COCc2ccccc2)O[Si](C(C)C)(C(C)C)C(C)C)O1. The molecule has 0 aliphatic carbocycles. The molecule has 6 atom stereocenters. The summed E-state index contributed by atoms with van der Waals surface area (Å²) in [6, 6.07) is 20.5. The second kappa shape index (κ2) is 17.6. The Hall–Kier alpha value is -1.80. The van der Waals surface area contributed by atoms with Gasteiger partial charge in [-0.2, -0.15) is 0 Å². The molecule has 1 N–H and O–H groups in total. The molecule has 1 heterocycles. The summed E-state index contributed by atoms with van der Waals surface area (Å²) in [5, 5.41) is 11.5. The zero-order valence-corrected chi connectivity index (χ0v) is 28.8. The van der Waals surface area contributed by atoms with Crippen LogP contribution in [0.1, 0.15) is 85.3 Å². The molecule has 0 amide bonds. The van der Waals surface area contributed by atoms with Crippen molar-refractivity contribution in [1.82, 2.24) is 0 Å². The summed E-state index contributed by atoms with van der Waals surface area (Å²) >= 11 is 0. The van der Waals surface area contributed by atoms with Crippen LogP contribution in [0.5, 0.6) is 0 Å². The van der Waals surface area contributed by atoms with Crippen LogP contribution in [0.2, 0.25) is 16.6 Å². The standard InChI is InChI=1S/C37H58O5Si/c1-9-33-20-34(40-26-32-18-14-11-15-19-32)21-35(41-33)22-36(42-43(27(2)3,28(4)5)29(6)7)23-37(38)30(8)24-39-25-31-16-12-10-13-17-31/h9-19,27-30,33-38H,1,20-26H2,2-8H3/t30-,33-,34-,35-,36-,37+/m0/s1. The molecule has 0 aromatic heterocycles. The molecule has 0 saturated carbocycles. The molecule has 6 heteroatoms. The third-order valence-corrected chi connectivity index (χ3v) is 15.4. The molecule has 0 unspecified atom stereocenters. The van der Waals surface area contributed by atoms with E-state index in [1.54, 1.807) is 0 Å². The van der Waals surface area contributed by atoms with Crippen LogP contribution in [0.25, 0.3) is 0 Å². The van der Waals surface area contributed by atoms with Gasteiger partial charge in [0.1, 0.15) is 0 Å². The van der Waals surface area contributed by atoms with Crippen molar-refractivity contribution in [3.63, 3.8) is 0 Å². The smallest absolute Gasteiger partial charge is 0.200 e. The van der Waals surface area contributed by atoms with Crippen molar-refractivity contribution >= 4 is 8.32 Å². The lowest BCUT2D eigenvalue weighted by molar-refractivity contribution is -0.115. The van der Waals surface area contributed by atoms with Crippen LogP contribution >= 0.6 is 0 Å². The average Bonchev–Trinajstić information content (AvgIpc) is 2.99. The van der Waals surface area contributed by atoms with E-state index in [-0.39, 0.29) is 30.3 Å². The lowest BCUT2D eigenvalue weighted by atomic mass is 9.93. The maximum atomic E-state index is 11.5. The van der Waals surface area contributed by atoms with E-state index in [9.17, 15) is 5.11 Å². The normalized spacial score (nSPS) is 21.7. The Labute approximate surface area is 263 Å². The van der Waals surface area contributed by atoms with E-state index in [0.717, 1.165) is 24.8 Å². The van der Waals surface area contributed by atoms with Crippen LogP contribution < -0.4 is 0 Å². The summed E-state index contributed by atoms with van der Waals surface area (Å²) in [5.41, 5.74) is 3.68. The maximum absolute atomic E-state index is 11.5. The van der Waals surface area contributed by atoms with Gasteiger partial charge in [0.2, 0.25) is 8.32 Å². The maximum Gasteiger partial charge on any atom is 0.200 e.